The number of nitrogens with one attached hydrogen (secondary N) is 2. The van der Waals surface area contributed by atoms with Gasteiger partial charge in [0.1, 0.15) is 0 Å². The van der Waals surface area contributed by atoms with Gasteiger partial charge in [0.05, 0.1) is 12.1 Å². The minimum atomic E-state index is -0.609. The summed E-state index contributed by atoms with van der Waals surface area (Å²) in [4.78, 5) is 22.6. The van der Waals surface area contributed by atoms with E-state index < -0.39 is 12.1 Å². The number of hydrogen-bond acceptors (Lipinski definition) is 3. The Kier molecular flexibility index (Phi) is 5.52. The van der Waals surface area contributed by atoms with Crippen LogP contribution in [0.1, 0.15) is 32.4 Å². The summed E-state index contributed by atoms with van der Waals surface area (Å²) in [6, 6.07) is 5.80. The molecule has 0 spiro atoms. The van der Waals surface area contributed by atoms with E-state index in [0.717, 1.165) is 5.56 Å². The standard InChI is InChI=1S/C14H22N4O2/c1-8(2)12(15)13(19)17-9(3)10-4-6-11(7-5-10)18-14(16)20/h4-9,12H,15H2,1-3H3,(H,17,19)(H3,16,18,20). The first-order valence-corrected chi connectivity index (χ1v) is 6.53. The van der Waals surface area contributed by atoms with E-state index in [1.54, 1.807) is 12.1 Å². The van der Waals surface area contributed by atoms with Crippen molar-refractivity contribution >= 4 is 17.6 Å². The predicted octanol–water partition coefficient (Wildman–Crippen LogP) is 1.34. The Morgan fingerprint density at radius 1 is 1.10 bits per heavy atom. The highest BCUT2D eigenvalue weighted by atomic mass is 16.2. The molecule has 6 N–H and O–H groups in total. The molecule has 6 nitrogen and oxygen atoms in total. The first kappa shape index (κ1) is 16.0. The van der Waals surface area contributed by atoms with Crippen molar-refractivity contribution in [2.24, 2.45) is 17.4 Å². The number of anilines is 1. The third-order valence-electron chi connectivity index (χ3n) is 3.06. The lowest BCUT2D eigenvalue weighted by atomic mass is 10.0. The number of amides is 3. The zero-order valence-electron chi connectivity index (χ0n) is 12.0. The molecule has 1 rings (SSSR count). The maximum atomic E-state index is 11.9. The summed E-state index contributed by atoms with van der Waals surface area (Å²) in [7, 11) is 0. The van der Waals surface area contributed by atoms with Crippen molar-refractivity contribution in [1.82, 2.24) is 5.32 Å². The molecule has 0 radical (unpaired) electrons. The van der Waals surface area contributed by atoms with Gasteiger partial charge in [0, 0.05) is 5.69 Å². The second kappa shape index (κ2) is 6.91. The molecule has 3 amide bonds. The number of benzene rings is 1. The molecule has 0 bridgehead atoms. The van der Waals surface area contributed by atoms with Gasteiger partial charge < -0.3 is 22.1 Å². The molecule has 2 unspecified atom stereocenters. The molecular weight excluding hydrogens is 256 g/mol. The fourth-order valence-electron chi connectivity index (χ4n) is 1.69. The van der Waals surface area contributed by atoms with Gasteiger partial charge in [0.2, 0.25) is 5.91 Å². The minimum Gasteiger partial charge on any atom is -0.351 e. The van der Waals surface area contributed by atoms with Crippen molar-refractivity contribution in [3.63, 3.8) is 0 Å². The van der Waals surface area contributed by atoms with Gasteiger partial charge in [-0.1, -0.05) is 26.0 Å². The highest BCUT2D eigenvalue weighted by molar-refractivity contribution is 5.87. The van der Waals surface area contributed by atoms with Crippen LogP contribution in [0.2, 0.25) is 0 Å². The number of nitrogens with two attached hydrogens (primary N) is 2. The van der Waals surface area contributed by atoms with Crippen molar-refractivity contribution in [1.29, 1.82) is 0 Å². The fourth-order valence-corrected chi connectivity index (χ4v) is 1.69. The van der Waals surface area contributed by atoms with Crippen molar-refractivity contribution in [2.45, 2.75) is 32.9 Å². The van der Waals surface area contributed by atoms with Gasteiger partial charge in [-0.15, -0.1) is 0 Å². The molecule has 110 valence electrons. The van der Waals surface area contributed by atoms with E-state index in [-0.39, 0.29) is 17.9 Å². The lowest BCUT2D eigenvalue weighted by Gasteiger charge is -2.20. The Bertz CT molecular complexity index is 471. The molecule has 6 heteroatoms. The molecule has 0 aliphatic rings. The van der Waals surface area contributed by atoms with Gasteiger partial charge in [-0.25, -0.2) is 4.79 Å². The normalized spacial score (nSPS) is 13.7. The zero-order chi connectivity index (χ0) is 15.3. The Morgan fingerprint density at radius 3 is 2.10 bits per heavy atom. The van der Waals surface area contributed by atoms with Gasteiger partial charge in [0.15, 0.2) is 0 Å². The van der Waals surface area contributed by atoms with Gasteiger partial charge in [-0.3, -0.25) is 4.79 Å². The van der Waals surface area contributed by atoms with Crippen LogP contribution in [0.4, 0.5) is 10.5 Å². The van der Waals surface area contributed by atoms with Crippen molar-refractivity contribution in [3.8, 4) is 0 Å². The second-order valence-electron chi connectivity index (χ2n) is 5.11. The molecule has 1 aromatic rings. The molecule has 20 heavy (non-hydrogen) atoms. The number of urea groups is 1. The van der Waals surface area contributed by atoms with E-state index in [4.69, 9.17) is 11.5 Å². The molecule has 0 aliphatic heterocycles. The average Bonchev–Trinajstić information content (AvgIpc) is 2.37. The lowest BCUT2D eigenvalue weighted by Crippen LogP contribution is -2.44. The van der Waals surface area contributed by atoms with Gasteiger partial charge in [0.25, 0.3) is 0 Å². The summed E-state index contributed by atoms with van der Waals surface area (Å²) in [5.41, 5.74) is 12.4. The largest absolute Gasteiger partial charge is 0.351 e. The molecule has 0 aliphatic carbocycles. The van der Waals surface area contributed by atoms with Crippen LogP contribution in [0.25, 0.3) is 0 Å². The summed E-state index contributed by atoms with van der Waals surface area (Å²) >= 11 is 0. The molecule has 0 aromatic heterocycles. The summed E-state index contributed by atoms with van der Waals surface area (Å²) in [5, 5.41) is 5.34. The van der Waals surface area contributed by atoms with Crippen LogP contribution < -0.4 is 22.1 Å². The second-order valence-corrected chi connectivity index (χ2v) is 5.11. The lowest BCUT2D eigenvalue weighted by molar-refractivity contribution is -0.123. The molecular formula is C14H22N4O2. The third-order valence-corrected chi connectivity index (χ3v) is 3.06. The van der Waals surface area contributed by atoms with Crippen molar-refractivity contribution in [2.75, 3.05) is 5.32 Å². The highest BCUT2D eigenvalue weighted by Gasteiger charge is 2.19. The van der Waals surface area contributed by atoms with Crippen LogP contribution in [0.5, 0.6) is 0 Å². The molecule has 0 heterocycles. The van der Waals surface area contributed by atoms with Crippen LogP contribution in [-0.4, -0.2) is 18.0 Å². The minimum absolute atomic E-state index is 0.0874. The maximum absolute atomic E-state index is 11.9. The van der Waals surface area contributed by atoms with E-state index in [1.807, 2.05) is 32.9 Å². The van der Waals surface area contributed by atoms with Crippen LogP contribution in [0.15, 0.2) is 24.3 Å². The van der Waals surface area contributed by atoms with E-state index in [2.05, 4.69) is 10.6 Å². The summed E-state index contributed by atoms with van der Waals surface area (Å²) in [5.74, 6) is -0.0869. The molecule has 0 saturated heterocycles. The quantitative estimate of drug-likeness (QED) is 0.652. The number of carbonyl (C=O) groups excluding carboxylic acids is 2. The Morgan fingerprint density at radius 2 is 1.65 bits per heavy atom. The zero-order valence-corrected chi connectivity index (χ0v) is 12.0. The van der Waals surface area contributed by atoms with Crippen LogP contribution in [0, 0.1) is 5.92 Å². The van der Waals surface area contributed by atoms with Crippen molar-refractivity contribution < 1.29 is 9.59 Å². The van der Waals surface area contributed by atoms with Crippen molar-refractivity contribution in [3.05, 3.63) is 29.8 Å². The van der Waals surface area contributed by atoms with E-state index in [9.17, 15) is 9.59 Å². The summed E-state index contributed by atoms with van der Waals surface area (Å²) in [6.07, 6.45) is 0. The fraction of sp³-hybridized carbons (Fsp3) is 0.429. The number of primary amides is 1. The molecule has 2 atom stereocenters. The van der Waals surface area contributed by atoms with E-state index in [1.165, 1.54) is 0 Å². The van der Waals surface area contributed by atoms with Crippen LogP contribution in [0.3, 0.4) is 0 Å². The predicted molar refractivity (Wildman–Crippen MR) is 79.0 cm³/mol. The average molecular weight is 278 g/mol. The Hall–Kier alpha value is -2.08. The summed E-state index contributed by atoms with van der Waals surface area (Å²) in [6.45, 7) is 5.68. The topological polar surface area (TPSA) is 110 Å². The van der Waals surface area contributed by atoms with Gasteiger partial charge in [-0.05, 0) is 30.5 Å². The Labute approximate surface area is 118 Å². The molecule has 0 fully saturated rings. The maximum Gasteiger partial charge on any atom is 0.316 e. The molecule has 1 aromatic carbocycles. The smallest absolute Gasteiger partial charge is 0.316 e. The van der Waals surface area contributed by atoms with E-state index in [0.29, 0.717) is 5.69 Å². The SMILES string of the molecule is CC(NC(=O)C(N)C(C)C)c1ccc(NC(N)=O)cc1. The third kappa shape index (κ3) is 4.55. The van der Waals surface area contributed by atoms with Gasteiger partial charge in [-0.2, -0.15) is 0 Å². The van der Waals surface area contributed by atoms with Crippen LogP contribution >= 0.6 is 0 Å². The van der Waals surface area contributed by atoms with Crippen LogP contribution in [-0.2, 0) is 4.79 Å². The molecule has 0 saturated carbocycles. The number of carbonyl (C=O) groups is 2. The Balaban J connectivity index is 2.66. The first-order chi connectivity index (χ1) is 9.31. The number of rotatable bonds is 5. The highest BCUT2D eigenvalue weighted by Crippen LogP contribution is 2.16. The monoisotopic (exact) mass is 278 g/mol. The van der Waals surface area contributed by atoms with Gasteiger partial charge >= 0.3 is 6.03 Å². The summed E-state index contributed by atoms with van der Waals surface area (Å²) < 4.78 is 0. The first-order valence-electron chi connectivity index (χ1n) is 6.53. The number of hydrogen-bond donors (Lipinski definition) is 4. The van der Waals surface area contributed by atoms with E-state index >= 15 is 0 Å².